The van der Waals surface area contributed by atoms with Gasteiger partial charge in [0.2, 0.25) is 11.9 Å². The van der Waals surface area contributed by atoms with Crippen LogP contribution in [-0.4, -0.2) is 37.8 Å². The lowest BCUT2D eigenvalue weighted by atomic mass is 10.1. The first-order valence-corrected chi connectivity index (χ1v) is 7.09. The zero-order chi connectivity index (χ0) is 13.8. The van der Waals surface area contributed by atoms with Gasteiger partial charge in [0.05, 0.1) is 0 Å². The van der Waals surface area contributed by atoms with E-state index in [2.05, 4.69) is 25.0 Å². The third kappa shape index (κ3) is 2.87. The van der Waals surface area contributed by atoms with E-state index in [1.165, 1.54) is 32.1 Å². The van der Waals surface area contributed by atoms with Gasteiger partial charge in [0.25, 0.3) is 5.95 Å². The number of nitrogens with zero attached hydrogens (tertiary/aromatic N) is 6. The fraction of sp³-hybridized carbons (Fsp3) is 0.538. The number of hydrogen-bond acceptors (Lipinski definition) is 6. The third-order valence-electron chi connectivity index (χ3n) is 3.48. The average Bonchev–Trinajstić information content (AvgIpc) is 2.91. The van der Waals surface area contributed by atoms with Crippen molar-refractivity contribution in [2.24, 2.45) is 0 Å². The molecule has 0 aliphatic carbocycles. The van der Waals surface area contributed by atoms with Crippen LogP contribution in [0.2, 0.25) is 0 Å². The SMILES string of the molecule is Nc1nc(N2CCCCCCC2)nc(-n2cccn2)n1. The van der Waals surface area contributed by atoms with Gasteiger partial charge < -0.3 is 10.6 Å². The number of hydrogen-bond donors (Lipinski definition) is 1. The van der Waals surface area contributed by atoms with Crippen LogP contribution < -0.4 is 10.6 Å². The zero-order valence-corrected chi connectivity index (χ0v) is 11.4. The molecule has 0 radical (unpaired) electrons. The minimum Gasteiger partial charge on any atom is -0.368 e. The Hall–Kier alpha value is -2.18. The van der Waals surface area contributed by atoms with Crippen LogP contribution in [0.25, 0.3) is 5.95 Å². The molecule has 7 nitrogen and oxygen atoms in total. The normalized spacial score (nSPS) is 16.7. The molecule has 1 saturated heterocycles. The van der Waals surface area contributed by atoms with Crippen molar-refractivity contribution in [3.63, 3.8) is 0 Å². The maximum Gasteiger partial charge on any atom is 0.257 e. The first kappa shape index (κ1) is 12.8. The van der Waals surface area contributed by atoms with Gasteiger partial charge in [-0.1, -0.05) is 19.3 Å². The third-order valence-corrected chi connectivity index (χ3v) is 3.48. The first-order chi connectivity index (χ1) is 9.83. The smallest absolute Gasteiger partial charge is 0.257 e. The molecule has 0 saturated carbocycles. The van der Waals surface area contributed by atoms with Crippen LogP contribution in [0.1, 0.15) is 32.1 Å². The lowest BCUT2D eigenvalue weighted by molar-refractivity contribution is 0.549. The molecule has 2 N–H and O–H groups in total. The first-order valence-electron chi connectivity index (χ1n) is 7.09. The van der Waals surface area contributed by atoms with Gasteiger partial charge in [-0.2, -0.15) is 20.1 Å². The second-order valence-electron chi connectivity index (χ2n) is 5.00. The predicted molar refractivity (Wildman–Crippen MR) is 76.7 cm³/mol. The van der Waals surface area contributed by atoms with Gasteiger partial charge in [-0.15, -0.1) is 0 Å². The number of nitrogen functional groups attached to an aromatic ring is 1. The Kier molecular flexibility index (Phi) is 3.76. The van der Waals surface area contributed by atoms with Crippen molar-refractivity contribution in [1.82, 2.24) is 24.7 Å². The quantitative estimate of drug-likeness (QED) is 0.890. The molecule has 20 heavy (non-hydrogen) atoms. The molecule has 1 fully saturated rings. The minimum absolute atomic E-state index is 0.238. The summed E-state index contributed by atoms with van der Waals surface area (Å²) in [5.74, 6) is 1.37. The Labute approximate surface area is 117 Å². The molecule has 0 aromatic carbocycles. The Morgan fingerprint density at radius 1 is 0.900 bits per heavy atom. The van der Waals surface area contributed by atoms with E-state index in [1.54, 1.807) is 17.1 Å². The van der Waals surface area contributed by atoms with E-state index >= 15 is 0 Å². The highest BCUT2D eigenvalue weighted by atomic mass is 15.4. The summed E-state index contributed by atoms with van der Waals surface area (Å²) in [6, 6.07) is 1.83. The van der Waals surface area contributed by atoms with E-state index in [-0.39, 0.29) is 5.95 Å². The monoisotopic (exact) mass is 273 g/mol. The number of rotatable bonds is 2. The van der Waals surface area contributed by atoms with Crippen LogP contribution in [-0.2, 0) is 0 Å². The minimum atomic E-state index is 0.238. The van der Waals surface area contributed by atoms with Crippen molar-refractivity contribution in [2.45, 2.75) is 32.1 Å². The maximum absolute atomic E-state index is 5.81. The van der Waals surface area contributed by atoms with E-state index in [0.717, 1.165) is 13.1 Å². The highest BCUT2D eigenvalue weighted by molar-refractivity contribution is 5.37. The number of aromatic nitrogens is 5. The molecule has 3 rings (SSSR count). The molecular formula is C13H19N7. The highest BCUT2D eigenvalue weighted by Crippen LogP contribution is 2.17. The molecule has 0 unspecified atom stereocenters. The molecule has 1 aliphatic heterocycles. The highest BCUT2D eigenvalue weighted by Gasteiger charge is 2.14. The Bertz CT molecular complexity index is 544. The van der Waals surface area contributed by atoms with Crippen LogP contribution in [0.5, 0.6) is 0 Å². The lowest BCUT2D eigenvalue weighted by Gasteiger charge is -2.24. The summed E-state index contributed by atoms with van der Waals surface area (Å²) in [4.78, 5) is 15.1. The van der Waals surface area contributed by atoms with E-state index in [4.69, 9.17) is 5.73 Å². The van der Waals surface area contributed by atoms with Crippen molar-refractivity contribution in [2.75, 3.05) is 23.7 Å². The standard InChI is InChI=1S/C13H19N7/c14-11-16-12(19-8-4-2-1-3-5-9-19)18-13(17-11)20-10-6-7-15-20/h6-7,10H,1-5,8-9H2,(H2,14,16,17,18). The van der Waals surface area contributed by atoms with Crippen LogP contribution in [0.4, 0.5) is 11.9 Å². The van der Waals surface area contributed by atoms with E-state index < -0.39 is 0 Å². The van der Waals surface area contributed by atoms with Crippen molar-refractivity contribution >= 4 is 11.9 Å². The predicted octanol–water partition coefficient (Wildman–Crippen LogP) is 1.41. The maximum atomic E-state index is 5.81. The fourth-order valence-electron chi connectivity index (χ4n) is 2.45. The van der Waals surface area contributed by atoms with Gasteiger partial charge in [-0.3, -0.25) is 0 Å². The van der Waals surface area contributed by atoms with Crippen LogP contribution in [0, 0.1) is 0 Å². The molecule has 0 amide bonds. The summed E-state index contributed by atoms with van der Waals surface area (Å²) in [5.41, 5.74) is 5.81. The molecule has 0 spiro atoms. The molecule has 0 atom stereocenters. The van der Waals surface area contributed by atoms with Crippen LogP contribution >= 0.6 is 0 Å². The van der Waals surface area contributed by atoms with Gasteiger partial charge in [-0.05, 0) is 18.9 Å². The molecule has 0 bridgehead atoms. The summed E-state index contributed by atoms with van der Waals surface area (Å²) in [7, 11) is 0. The second-order valence-corrected chi connectivity index (χ2v) is 5.00. The lowest BCUT2D eigenvalue weighted by Crippen LogP contribution is -2.29. The van der Waals surface area contributed by atoms with Crippen LogP contribution in [0.3, 0.4) is 0 Å². The van der Waals surface area contributed by atoms with E-state index in [1.807, 2.05) is 6.07 Å². The fourth-order valence-corrected chi connectivity index (χ4v) is 2.45. The largest absolute Gasteiger partial charge is 0.368 e. The van der Waals surface area contributed by atoms with Gasteiger partial charge in [0.1, 0.15) is 0 Å². The molecule has 106 valence electrons. The molecular weight excluding hydrogens is 254 g/mol. The van der Waals surface area contributed by atoms with E-state index in [0.29, 0.717) is 11.9 Å². The van der Waals surface area contributed by atoms with Gasteiger partial charge in [0.15, 0.2) is 0 Å². The Balaban J connectivity index is 1.88. The van der Waals surface area contributed by atoms with Crippen molar-refractivity contribution < 1.29 is 0 Å². The Morgan fingerprint density at radius 2 is 1.60 bits per heavy atom. The van der Waals surface area contributed by atoms with Crippen LogP contribution in [0.15, 0.2) is 18.5 Å². The average molecular weight is 273 g/mol. The summed E-state index contributed by atoms with van der Waals surface area (Å²) in [5, 5.41) is 4.14. The van der Waals surface area contributed by atoms with Gasteiger partial charge in [0, 0.05) is 25.5 Å². The van der Waals surface area contributed by atoms with Crippen molar-refractivity contribution in [1.29, 1.82) is 0 Å². The molecule has 2 aromatic rings. The van der Waals surface area contributed by atoms with Gasteiger partial charge in [-0.25, -0.2) is 4.68 Å². The van der Waals surface area contributed by atoms with Crippen molar-refractivity contribution in [3.05, 3.63) is 18.5 Å². The molecule has 7 heteroatoms. The topological polar surface area (TPSA) is 85.8 Å². The van der Waals surface area contributed by atoms with E-state index in [9.17, 15) is 0 Å². The number of nitrogens with two attached hydrogens (primary N) is 1. The summed E-state index contributed by atoms with van der Waals surface area (Å²) in [6.07, 6.45) is 9.69. The number of anilines is 2. The molecule has 3 heterocycles. The molecule has 2 aromatic heterocycles. The zero-order valence-electron chi connectivity index (χ0n) is 11.4. The summed E-state index contributed by atoms with van der Waals surface area (Å²) in [6.45, 7) is 1.95. The van der Waals surface area contributed by atoms with Crippen molar-refractivity contribution in [3.8, 4) is 5.95 Å². The summed E-state index contributed by atoms with van der Waals surface area (Å²) >= 11 is 0. The Morgan fingerprint density at radius 3 is 2.30 bits per heavy atom. The summed E-state index contributed by atoms with van der Waals surface area (Å²) < 4.78 is 1.60. The molecule has 1 aliphatic rings. The van der Waals surface area contributed by atoms with Gasteiger partial charge >= 0.3 is 0 Å². The second kappa shape index (κ2) is 5.85.